The number of hydrogen-bond donors (Lipinski definition) is 1. The molecule has 0 aromatic carbocycles. The molecule has 0 aromatic rings. The Kier molecular flexibility index (Phi) is 1.71. The molecule has 0 bridgehead atoms. The van der Waals surface area contributed by atoms with E-state index in [-0.39, 0.29) is 17.5 Å². The van der Waals surface area contributed by atoms with Crippen LogP contribution in [0.3, 0.4) is 0 Å². The van der Waals surface area contributed by atoms with Crippen molar-refractivity contribution in [3.8, 4) is 0 Å². The highest BCUT2D eigenvalue weighted by Gasteiger charge is 2.56. The molecule has 3 unspecified atom stereocenters. The van der Waals surface area contributed by atoms with Crippen LogP contribution < -0.4 is 5.73 Å². The normalized spacial score (nSPS) is 38.8. The van der Waals surface area contributed by atoms with Crippen molar-refractivity contribution in [1.82, 2.24) is 4.90 Å². The molecule has 2 aliphatic rings. The fourth-order valence-corrected chi connectivity index (χ4v) is 2.68. The second kappa shape index (κ2) is 2.47. The Morgan fingerprint density at radius 3 is 2.38 bits per heavy atom. The summed E-state index contributed by atoms with van der Waals surface area (Å²) in [6.45, 7) is 6.47. The van der Waals surface area contributed by atoms with E-state index in [1.54, 1.807) is 0 Å². The number of carbonyl (C=O) groups is 1. The van der Waals surface area contributed by atoms with Gasteiger partial charge < -0.3 is 5.73 Å². The molecule has 13 heavy (non-hydrogen) atoms. The van der Waals surface area contributed by atoms with Crippen molar-refractivity contribution >= 4 is 5.91 Å². The number of amides is 1. The molecular weight excluding hydrogens is 164 g/mol. The highest BCUT2D eigenvalue weighted by Crippen LogP contribution is 2.50. The van der Waals surface area contributed by atoms with Crippen molar-refractivity contribution in [2.45, 2.75) is 51.2 Å². The van der Waals surface area contributed by atoms with Crippen LogP contribution in [0.5, 0.6) is 0 Å². The summed E-state index contributed by atoms with van der Waals surface area (Å²) in [5.74, 6) is 0.596. The molecule has 74 valence electrons. The van der Waals surface area contributed by atoms with Gasteiger partial charge in [-0.15, -0.1) is 0 Å². The molecule has 1 saturated heterocycles. The van der Waals surface area contributed by atoms with Gasteiger partial charge in [-0.3, -0.25) is 9.69 Å². The van der Waals surface area contributed by atoms with Gasteiger partial charge in [0, 0.05) is 11.6 Å². The van der Waals surface area contributed by atoms with Crippen LogP contribution in [0.15, 0.2) is 0 Å². The van der Waals surface area contributed by atoms with Crippen LogP contribution in [0.25, 0.3) is 0 Å². The van der Waals surface area contributed by atoms with Crippen molar-refractivity contribution < 1.29 is 4.79 Å². The van der Waals surface area contributed by atoms with Gasteiger partial charge in [-0.25, -0.2) is 0 Å². The van der Waals surface area contributed by atoms with Crippen molar-refractivity contribution in [3.63, 3.8) is 0 Å². The van der Waals surface area contributed by atoms with Gasteiger partial charge in [0.2, 0.25) is 5.91 Å². The molecule has 3 atom stereocenters. The van der Waals surface area contributed by atoms with Gasteiger partial charge in [0.15, 0.2) is 0 Å². The smallest absolute Gasteiger partial charge is 0.234 e. The van der Waals surface area contributed by atoms with E-state index in [1.165, 1.54) is 6.42 Å². The first-order chi connectivity index (χ1) is 5.91. The molecule has 3 heteroatoms. The van der Waals surface area contributed by atoms with Crippen LogP contribution in [0.2, 0.25) is 0 Å². The number of rotatable bonds is 1. The summed E-state index contributed by atoms with van der Waals surface area (Å²) in [5, 5.41) is 0. The number of primary amides is 1. The minimum atomic E-state index is -0.151. The van der Waals surface area contributed by atoms with E-state index in [0.717, 1.165) is 12.3 Å². The SMILES string of the molecule is CC(C)(C)N1C(C(N)=O)CC2CC21. The largest absolute Gasteiger partial charge is 0.368 e. The summed E-state index contributed by atoms with van der Waals surface area (Å²) in [6.07, 6.45) is 2.25. The van der Waals surface area contributed by atoms with Crippen LogP contribution in [-0.2, 0) is 4.79 Å². The second-order valence-corrected chi connectivity index (χ2v) is 5.30. The predicted molar refractivity (Wildman–Crippen MR) is 51.1 cm³/mol. The van der Waals surface area contributed by atoms with E-state index in [2.05, 4.69) is 25.7 Å². The molecule has 0 aromatic heterocycles. The number of nitrogens with zero attached hydrogens (tertiary/aromatic N) is 1. The topological polar surface area (TPSA) is 46.3 Å². The van der Waals surface area contributed by atoms with E-state index in [4.69, 9.17) is 5.73 Å². The average molecular weight is 182 g/mol. The van der Waals surface area contributed by atoms with Crippen LogP contribution in [0.4, 0.5) is 0 Å². The first-order valence-electron chi connectivity index (χ1n) is 4.99. The Morgan fingerprint density at radius 2 is 2.00 bits per heavy atom. The van der Waals surface area contributed by atoms with Crippen LogP contribution >= 0.6 is 0 Å². The highest BCUT2D eigenvalue weighted by molar-refractivity contribution is 5.80. The van der Waals surface area contributed by atoms with Crippen LogP contribution in [0.1, 0.15) is 33.6 Å². The van der Waals surface area contributed by atoms with Crippen molar-refractivity contribution in [2.24, 2.45) is 11.7 Å². The fourth-order valence-electron chi connectivity index (χ4n) is 2.68. The molecule has 2 N–H and O–H groups in total. The lowest BCUT2D eigenvalue weighted by atomic mass is 10.0. The number of piperidine rings is 1. The molecule has 1 heterocycles. The standard InChI is InChI=1S/C10H18N2O/c1-10(2,3)12-7-4-6(7)5-8(12)9(11)13/h6-8H,4-5H2,1-3H3,(H2,11,13). The summed E-state index contributed by atoms with van der Waals surface area (Å²) >= 11 is 0. The Balaban J connectivity index is 2.18. The quantitative estimate of drug-likeness (QED) is 0.650. The number of likely N-dealkylation sites (tertiary alicyclic amines) is 1. The van der Waals surface area contributed by atoms with Gasteiger partial charge in [-0.05, 0) is 39.5 Å². The maximum absolute atomic E-state index is 11.2. The molecule has 2 rings (SSSR count). The molecule has 1 saturated carbocycles. The third-order valence-corrected chi connectivity index (χ3v) is 3.21. The van der Waals surface area contributed by atoms with Gasteiger partial charge in [-0.2, -0.15) is 0 Å². The molecular formula is C10H18N2O. The Morgan fingerprint density at radius 1 is 1.38 bits per heavy atom. The zero-order valence-electron chi connectivity index (χ0n) is 8.58. The second-order valence-electron chi connectivity index (χ2n) is 5.30. The lowest BCUT2D eigenvalue weighted by Gasteiger charge is -2.37. The third kappa shape index (κ3) is 1.35. The van der Waals surface area contributed by atoms with Crippen LogP contribution in [-0.4, -0.2) is 28.4 Å². The van der Waals surface area contributed by atoms with Crippen molar-refractivity contribution in [3.05, 3.63) is 0 Å². The van der Waals surface area contributed by atoms with Gasteiger partial charge in [0.1, 0.15) is 0 Å². The zero-order valence-corrected chi connectivity index (χ0v) is 8.58. The number of fused-ring (bicyclic) bond motifs is 1. The maximum atomic E-state index is 11.2. The monoisotopic (exact) mass is 182 g/mol. The van der Waals surface area contributed by atoms with Gasteiger partial charge in [0.25, 0.3) is 0 Å². The van der Waals surface area contributed by atoms with Gasteiger partial charge in [-0.1, -0.05) is 0 Å². The summed E-state index contributed by atoms with van der Waals surface area (Å²) in [6, 6.07) is 0.626. The number of carbonyl (C=O) groups excluding carboxylic acids is 1. The van der Waals surface area contributed by atoms with E-state index >= 15 is 0 Å². The number of nitrogens with two attached hydrogens (primary N) is 1. The molecule has 0 spiro atoms. The van der Waals surface area contributed by atoms with E-state index in [0.29, 0.717) is 6.04 Å². The average Bonchev–Trinajstić information content (AvgIpc) is 2.58. The van der Waals surface area contributed by atoms with Crippen molar-refractivity contribution in [1.29, 1.82) is 0 Å². The zero-order chi connectivity index (χ0) is 9.80. The lowest BCUT2D eigenvalue weighted by molar-refractivity contribution is -0.124. The first kappa shape index (κ1) is 9.00. The molecule has 1 aliphatic carbocycles. The minimum absolute atomic E-state index is 0.0104. The van der Waals surface area contributed by atoms with Gasteiger partial charge >= 0.3 is 0 Å². The summed E-state index contributed by atoms with van der Waals surface area (Å²) in [5.41, 5.74) is 5.47. The maximum Gasteiger partial charge on any atom is 0.234 e. The van der Waals surface area contributed by atoms with E-state index < -0.39 is 0 Å². The minimum Gasteiger partial charge on any atom is -0.368 e. The van der Waals surface area contributed by atoms with E-state index in [1.807, 2.05) is 0 Å². The summed E-state index contributed by atoms with van der Waals surface area (Å²) < 4.78 is 0. The van der Waals surface area contributed by atoms with Gasteiger partial charge in [0.05, 0.1) is 6.04 Å². The molecule has 2 fully saturated rings. The first-order valence-corrected chi connectivity index (χ1v) is 4.99. The third-order valence-electron chi connectivity index (χ3n) is 3.21. The van der Waals surface area contributed by atoms with Crippen molar-refractivity contribution in [2.75, 3.05) is 0 Å². The Hall–Kier alpha value is -0.570. The molecule has 0 radical (unpaired) electrons. The predicted octanol–water partition coefficient (Wildman–Crippen LogP) is 0.733. The van der Waals surface area contributed by atoms with Crippen LogP contribution in [0, 0.1) is 5.92 Å². The summed E-state index contributed by atoms with van der Waals surface area (Å²) in [4.78, 5) is 13.5. The molecule has 1 aliphatic heterocycles. The summed E-state index contributed by atoms with van der Waals surface area (Å²) in [7, 11) is 0. The molecule has 1 amide bonds. The number of hydrogen-bond acceptors (Lipinski definition) is 2. The van der Waals surface area contributed by atoms with E-state index in [9.17, 15) is 4.79 Å². The molecule has 3 nitrogen and oxygen atoms in total. The lowest BCUT2D eigenvalue weighted by Crippen LogP contribution is -2.51. The highest BCUT2D eigenvalue weighted by atomic mass is 16.1. The fraction of sp³-hybridized carbons (Fsp3) is 0.900. The Labute approximate surface area is 79.3 Å². The Bertz CT molecular complexity index is 244.